The van der Waals surface area contributed by atoms with Crippen molar-refractivity contribution in [1.82, 2.24) is 14.5 Å². The lowest BCUT2D eigenvalue weighted by atomic mass is 10.4. The van der Waals surface area contributed by atoms with Gasteiger partial charge in [-0.3, -0.25) is 0 Å². The number of hydrogen-bond donors (Lipinski definition) is 0. The monoisotopic (exact) mass is 394 g/mol. The molecule has 2 aromatic heterocycles. The summed E-state index contributed by atoms with van der Waals surface area (Å²) < 4.78 is 8.70. The first-order chi connectivity index (χ1) is 8.59. The Kier molecular flexibility index (Phi) is 4.99. The van der Waals surface area contributed by atoms with Crippen molar-refractivity contribution in [3.63, 3.8) is 0 Å². The highest BCUT2D eigenvalue weighted by atomic mass is 127. The van der Waals surface area contributed by atoms with Crippen LogP contribution in [-0.4, -0.2) is 29.9 Å². The topological polar surface area (TPSA) is 39.9 Å². The summed E-state index contributed by atoms with van der Waals surface area (Å²) >= 11 is 8.31. The van der Waals surface area contributed by atoms with Crippen molar-refractivity contribution in [3.8, 4) is 0 Å². The lowest BCUT2D eigenvalue weighted by Gasteiger charge is -2.07. The van der Waals surface area contributed by atoms with Crippen LogP contribution in [0.3, 0.4) is 0 Å². The minimum Gasteiger partial charge on any atom is -0.361 e. The maximum atomic E-state index is 6.07. The molecule has 0 atom stereocenters. The van der Waals surface area contributed by atoms with E-state index in [-0.39, 0.29) is 8.80 Å². The van der Waals surface area contributed by atoms with Crippen LogP contribution < -0.4 is 0 Å². The van der Waals surface area contributed by atoms with Crippen LogP contribution in [-0.2, 0) is 11.5 Å². The zero-order chi connectivity index (χ0) is 13.1. The quantitative estimate of drug-likeness (QED) is 0.338. The number of halogens is 2. The van der Waals surface area contributed by atoms with Gasteiger partial charge in [-0.2, -0.15) is 0 Å². The molecule has 0 fully saturated rings. The van der Waals surface area contributed by atoms with E-state index in [0.717, 1.165) is 27.3 Å². The van der Waals surface area contributed by atoms with E-state index in [4.69, 9.17) is 16.3 Å². The van der Waals surface area contributed by atoms with Crippen LogP contribution in [0.5, 0.6) is 0 Å². The van der Waals surface area contributed by atoms with Crippen molar-refractivity contribution in [1.29, 1.82) is 0 Å². The van der Waals surface area contributed by atoms with E-state index < -0.39 is 0 Å². The third kappa shape index (κ3) is 3.22. The van der Waals surface area contributed by atoms with Gasteiger partial charge in [0.1, 0.15) is 23.9 Å². The normalized spacial score (nSPS) is 11.6. The van der Waals surface area contributed by atoms with E-state index in [2.05, 4.69) is 45.7 Å². The number of aromatic nitrogens is 3. The second-order valence-electron chi connectivity index (χ2n) is 4.30. The molecule has 4 nitrogen and oxygen atoms in total. The molecule has 7 heteroatoms. The van der Waals surface area contributed by atoms with Gasteiger partial charge in [0.25, 0.3) is 0 Å². The Bertz CT molecular complexity index is 546. The minimum absolute atomic E-state index is 0.214. The van der Waals surface area contributed by atoms with Crippen molar-refractivity contribution in [2.45, 2.75) is 25.9 Å². The summed E-state index contributed by atoms with van der Waals surface area (Å²) in [7, 11) is -0.214. The molecule has 0 aromatic carbocycles. The Morgan fingerprint density at radius 3 is 2.94 bits per heavy atom. The number of hydrogen-bond acceptors (Lipinski definition) is 3. The Morgan fingerprint density at radius 1 is 1.44 bits per heavy atom. The minimum atomic E-state index is -0.214. The first kappa shape index (κ1) is 14.2. The number of rotatable bonds is 5. The molecule has 0 saturated heterocycles. The highest BCUT2D eigenvalue weighted by Gasteiger charge is 2.11. The highest BCUT2D eigenvalue weighted by molar-refractivity contribution is 14.1. The molecule has 2 aromatic rings. The lowest BCUT2D eigenvalue weighted by Crippen LogP contribution is -2.08. The SMILES string of the molecule is C[Si](C)CCOCn1cc(I)c2c(Cl)ncnc21. The summed E-state index contributed by atoms with van der Waals surface area (Å²) in [6.07, 6.45) is 3.48. The standard InChI is InChI=1S/C11H14ClIN3OSi/c1-18(2)4-3-17-7-16-5-8(13)9-10(12)14-6-15-11(9)16/h5-6H,3-4,7H2,1-2H3. The highest BCUT2D eigenvalue weighted by Crippen LogP contribution is 2.26. The van der Waals surface area contributed by atoms with Crippen LogP contribution in [0.4, 0.5) is 0 Å². The molecule has 18 heavy (non-hydrogen) atoms. The van der Waals surface area contributed by atoms with Gasteiger partial charge in [0.2, 0.25) is 0 Å². The Hall–Kier alpha value is -0.183. The average molecular weight is 395 g/mol. The number of nitrogens with zero attached hydrogens (tertiary/aromatic N) is 3. The smallest absolute Gasteiger partial charge is 0.147 e. The molecule has 0 bridgehead atoms. The van der Waals surface area contributed by atoms with Crippen LogP contribution in [0.1, 0.15) is 0 Å². The fraction of sp³-hybridized carbons (Fsp3) is 0.455. The van der Waals surface area contributed by atoms with Gasteiger partial charge >= 0.3 is 0 Å². The Morgan fingerprint density at radius 2 is 2.22 bits per heavy atom. The van der Waals surface area contributed by atoms with E-state index >= 15 is 0 Å². The van der Waals surface area contributed by atoms with Gasteiger partial charge in [0.15, 0.2) is 0 Å². The van der Waals surface area contributed by atoms with Crippen molar-refractivity contribution < 1.29 is 4.74 Å². The number of fused-ring (bicyclic) bond motifs is 1. The van der Waals surface area contributed by atoms with Crippen molar-refractivity contribution in [3.05, 3.63) is 21.2 Å². The second-order valence-corrected chi connectivity index (χ2v) is 8.74. The van der Waals surface area contributed by atoms with E-state index in [0.29, 0.717) is 11.9 Å². The largest absolute Gasteiger partial charge is 0.361 e. The molecular weight excluding hydrogens is 381 g/mol. The van der Waals surface area contributed by atoms with Gasteiger partial charge in [-0.25, -0.2) is 9.97 Å². The summed E-state index contributed by atoms with van der Waals surface area (Å²) in [5.41, 5.74) is 0.831. The Labute approximate surface area is 126 Å². The first-order valence-corrected chi connectivity index (χ1v) is 9.77. The van der Waals surface area contributed by atoms with Gasteiger partial charge < -0.3 is 9.30 Å². The molecule has 0 spiro atoms. The zero-order valence-corrected chi connectivity index (χ0v) is 14.2. The molecule has 0 N–H and O–H groups in total. The van der Waals surface area contributed by atoms with Gasteiger partial charge in [-0.1, -0.05) is 24.7 Å². The Balaban J connectivity index is 2.12. The molecule has 2 rings (SSSR count). The van der Waals surface area contributed by atoms with E-state index in [1.165, 1.54) is 6.33 Å². The summed E-state index contributed by atoms with van der Waals surface area (Å²) in [6.45, 7) is 5.89. The third-order valence-corrected chi connectivity index (χ3v) is 4.85. The predicted octanol–water partition coefficient (Wildman–Crippen LogP) is 3.42. The van der Waals surface area contributed by atoms with Gasteiger partial charge in [-0.15, -0.1) is 0 Å². The van der Waals surface area contributed by atoms with Crippen LogP contribution in [0.25, 0.3) is 11.0 Å². The fourth-order valence-corrected chi connectivity index (χ4v) is 3.35. The van der Waals surface area contributed by atoms with Crippen LogP contribution >= 0.6 is 34.2 Å². The fourth-order valence-electron chi connectivity index (χ4n) is 1.58. The molecular formula is C11H14ClIN3OSi. The molecule has 1 radical (unpaired) electrons. The van der Waals surface area contributed by atoms with Crippen molar-refractivity contribution in [2.75, 3.05) is 6.61 Å². The molecule has 0 aliphatic heterocycles. The average Bonchev–Trinajstić information content (AvgIpc) is 2.63. The zero-order valence-electron chi connectivity index (χ0n) is 10.3. The van der Waals surface area contributed by atoms with Crippen LogP contribution in [0.15, 0.2) is 12.5 Å². The van der Waals surface area contributed by atoms with E-state index in [9.17, 15) is 0 Å². The van der Waals surface area contributed by atoms with Crippen molar-refractivity contribution in [2.24, 2.45) is 0 Å². The third-order valence-electron chi connectivity index (χ3n) is 2.54. The summed E-state index contributed by atoms with van der Waals surface area (Å²) in [5.74, 6) is 0. The molecule has 0 amide bonds. The maximum Gasteiger partial charge on any atom is 0.147 e. The van der Waals surface area contributed by atoms with Crippen LogP contribution in [0, 0.1) is 3.57 Å². The van der Waals surface area contributed by atoms with Gasteiger partial charge in [-0.05, 0) is 28.6 Å². The number of ether oxygens (including phenoxy) is 1. The van der Waals surface area contributed by atoms with E-state index in [1.54, 1.807) is 0 Å². The summed E-state index contributed by atoms with van der Waals surface area (Å²) in [6, 6.07) is 1.16. The lowest BCUT2D eigenvalue weighted by molar-refractivity contribution is 0.0901. The molecule has 0 aliphatic carbocycles. The molecule has 97 valence electrons. The van der Waals surface area contributed by atoms with E-state index in [1.807, 2.05) is 10.8 Å². The summed E-state index contributed by atoms with van der Waals surface area (Å²) in [4.78, 5) is 8.27. The predicted molar refractivity (Wildman–Crippen MR) is 83.5 cm³/mol. The second kappa shape index (κ2) is 6.31. The molecule has 0 unspecified atom stereocenters. The molecule has 0 saturated carbocycles. The van der Waals surface area contributed by atoms with Gasteiger partial charge in [0, 0.05) is 25.2 Å². The van der Waals surface area contributed by atoms with Gasteiger partial charge in [0.05, 0.1) is 5.39 Å². The first-order valence-electron chi connectivity index (χ1n) is 5.61. The maximum absolute atomic E-state index is 6.07. The van der Waals surface area contributed by atoms with Crippen molar-refractivity contribution >= 4 is 54.0 Å². The van der Waals surface area contributed by atoms with Crippen LogP contribution in [0.2, 0.25) is 24.3 Å². The molecule has 2 heterocycles. The summed E-state index contributed by atoms with van der Waals surface area (Å²) in [5, 5.41) is 1.40. The molecule has 0 aliphatic rings.